The Hall–Kier alpha value is -1.54. The van der Waals surface area contributed by atoms with Gasteiger partial charge in [0.05, 0.1) is 11.4 Å². The number of halogens is 1. The molecule has 0 saturated heterocycles. The third-order valence-corrected chi connectivity index (χ3v) is 2.17. The molecule has 0 spiro atoms. The van der Waals surface area contributed by atoms with Crippen molar-refractivity contribution in [2.75, 3.05) is 5.73 Å². The van der Waals surface area contributed by atoms with Gasteiger partial charge in [0.2, 0.25) is 0 Å². The van der Waals surface area contributed by atoms with Crippen LogP contribution in [0.2, 0.25) is 5.02 Å². The molecule has 0 atom stereocenters. The van der Waals surface area contributed by atoms with Crippen LogP contribution in [-0.2, 0) is 0 Å². The van der Waals surface area contributed by atoms with Crippen LogP contribution in [0.1, 0.15) is 0 Å². The van der Waals surface area contributed by atoms with Crippen molar-refractivity contribution in [2.45, 2.75) is 0 Å². The molecule has 0 amide bonds. The molecule has 0 saturated carbocycles. The van der Waals surface area contributed by atoms with Crippen molar-refractivity contribution >= 4 is 17.3 Å². The molecule has 2 aromatic rings. The summed E-state index contributed by atoms with van der Waals surface area (Å²) in [6, 6.07) is 11.1. The van der Waals surface area contributed by atoms with Crippen LogP contribution in [0.25, 0.3) is 11.3 Å². The summed E-state index contributed by atoms with van der Waals surface area (Å²) in [5.74, 6) is 0. The third kappa shape index (κ3) is 1.70. The van der Waals surface area contributed by atoms with E-state index < -0.39 is 0 Å². The minimum Gasteiger partial charge on any atom is -0.397 e. The number of hydrogen-bond acceptors (Lipinski definition) is 2. The molecule has 0 unspecified atom stereocenters. The van der Waals surface area contributed by atoms with Gasteiger partial charge in [-0.25, -0.2) is 0 Å². The molecule has 2 rings (SSSR count). The molecule has 1 heterocycles. The third-order valence-electron chi connectivity index (χ3n) is 1.94. The Labute approximate surface area is 87.4 Å². The van der Waals surface area contributed by atoms with Gasteiger partial charge in [-0.3, -0.25) is 4.98 Å². The van der Waals surface area contributed by atoms with E-state index in [1.807, 2.05) is 36.4 Å². The highest BCUT2D eigenvalue weighted by molar-refractivity contribution is 6.30. The van der Waals surface area contributed by atoms with Crippen molar-refractivity contribution in [2.24, 2.45) is 0 Å². The number of aromatic nitrogens is 1. The number of benzene rings is 1. The van der Waals surface area contributed by atoms with Gasteiger partial charge >= 0.3 is 0 Å². The summed E-state index contributed by atoms with van der Waals surface area (Å²) in [6.45, 7) is 0. The van der Waals surface area contributed by atoms with Crippen molar-refractivity contribution in [3.63, 3.8) is 0 Å². The van der Waals surface area contributed by atoms with Gasteiger partial charge in [0.15, 0.2) is 0 Å². The summed E-state index contributed by atoms with van der Waals surface area (Å²) in [6.07, 6.45) is 1.71. The predicted molar refractivity (Wildman–Crippen MR) is 59.1 cm³/mol. The van der Waals surface area contributed by atoms with Crippen LogP contribution in [-0.4, -0.2) is 4.98 Å². The Bertz CT molecular complexity index is 455. The summed E-state index contributed by atoms with van der Waals surface area (Å²) < 4.78 is 0. The number of rotatable bonds is 1. The second-order valence-electron chi connectivity index (χ2n) is 2.95. The van der Waals surface area contributed by atoms with E-state index in [0.717, 1.165) is 11.3 Å². The van der Waals surface area contributed by atoms with Crippen LogP contribution >= 0.6 is 11.6 Å². The van der Waals surface area contributed by atoms with E-state index in [0.29, 0.717) is 10.7 Å². The molecule has 3 heteroatoms. The first-order valence-electron chi connectivity index (χ1n) is 4.24. The molecule has 0 aliphatic rings. The van der Waals surface area contributed by atoms with Gasteiger partial charge in [0, 0.05) is 16.8 Å². The second-order valence-corrected chi connectivity index (χ2v) is 3.39. The Kier molecular flexibility index (Phi) is 2.37. The Morgan fingerprint density at radius 2 is 2.00 bits per heavy atom. The maximum absolute atomic E-state index is 5.88. The zero-order valence-corrected chi connectivity index (χ0v) is 8.20. The van der Waals surface area contributed by atoms with Crippen LogP contribution in [0.5, 0.6) is 0 Å². The van der Waals surface area contributed by atoms with Crippen molar-refractivity contribution in [3.8, 4) is 11.3 Å². The van der Waals surface area contributed by atoms with E-state index in [1.165, 1.54) is 0 Å². The van der Waals surface area contributed by atoms with Crippen LogP contribution in [0.4, 0.5) is 5.69 Å². The monoisotopic (exact) mass is 204 g/mol. The van der Waals surface area contributed by atoms with Crippen LogP contribution in [0.15, 0.2) is 42.6 Å². The standard InChI is InChI=1S/C11H9ClN2/c12-9-4-1-3-8(7-9)11-10(13)5-2-6-14-11/h1-7H,13H2. The predicted octanol–water partition coefficient (Wildman–Crippen LogP) is 2.98. The van der Waals surface area contributed by atoms with Crippen molar-refractivity contribution in [3.05, 3.63) is 47.6 Å². The molecule has 0 bridgehead atoms. The molecule has 0 fully saturated rings. The van der Waals surface area contributed by atoms with Gasteiger partial charge < -0.3 is 5.73 Å². The Balaban J connectivity index is 2.55. The van der Waals surface area contributed by atoms with E-state index in [1.54, 1.807) is 6.20 Å². The van der Waals surface area contributed by atoms with Gasteiger partial charge in [-0.1, -0.05) is 23.7 Å². The summed E-state index contributed by atoms with van der Waals surface area (Å²) in [7, 11) is 0. The number of anilines is 1. The van der Waals surface area contributed by atoms with Crippen molar-refractivity contribution < 1.29 is 0 Å². The smallest absolute Gasteiger partial charge is 0.0931 e. The number of nitrogens with zero attached hydrogens (tertiary/aromatic N) is 1. The SMILES string of the molecule is Nc1cccnc1-c1cccc(Cl)c1. The van der Waals surface area contributed by atoms with Gasteiger partial charge in [0.1, 0.15) is 0 Å². The topological polar surface area (TPSA) is 38.9 Å². The van der Waals surface area contributed by atoms with E-state index in [-0.39, 0.29) is 0 Å². The zero-order chi connectivity index (χ0) is 9.97. The van der Waals surface area contributed by atoms with Crippen LogP contribution in [0.3, 0.4) is 0 Å². The maximum atomic E-state index is 5.88. The lowest BCUT2D eigenvalue weighted by atomic mass is 10.1. The minimum absolute atomic E-state index is 0.662. The average molecular weight is 205 g/mol. The highest BCUT2D eigenvalue weighted by atomic mass is 35.5. The lowest BCUT2D eigenvalue weighted by molar-refractivity contribution is 1.33. The fourth-order valence-corrected chi connectivity index (χ4v) is 1.49. The lowest BCUT2D eigenvalue weighted by Crippen LogP contribution is -1.91. The van der Waals surface area contributed by atoms with Gasteiger partial charge in [0.25, 0.3) is 0 Å². The van der Waals surface area contributed by atoms with Crippen molar-refractivity contribution in [1.29, 1.82) is 0 Å². The summed E-state index contributed by atoms with van der Waals surface area (Å²) in [4.78, 5) is 4.21. The quantitative estimate of drug-likeness (QED) is 0.776. The number of nitrogens with two attached hydrogens (primary N) is 1. The molecule has 2 N–H and O–H groups in total. The number of nitrogen functional groups attached to an aromatic ring is 1. The largest absolute Gasteiger partial charge is 0.397 e. The lowest BCUT2D eigenvalue weighted by Gasteiger charge is -2.03. The molecule has 1 aromatic carbocycles. The Morgan fingerprint density at radius 3 is 2.71 bits per heavy atom. The molecule has 2 nitrogen and oxygen atoms in total. The maximum Gasteiger partial charge on any atom is 0.0931 e. The fraction of sp³-hybridized carbons (Fsp3) is 0. The first-order valence-corrected chi connectivity index (χ1v) is 4.61. The normalized spacial score (nSPS) is 10.1. The molecule has 1 aromatic heterocycles. The van der Waals surface area contributed by atoms with Crippen molar-refractivity contribution in [1.82, 2.24) is 4.98 Å². The molecule has 70 valence electrons. The number of pyridine rings is 1. The molecule has 0 aliphatic carbocycles. The molecular weight excluding hydrogens is 196 g/mol. The zero-order valence-electron chi connectivity index (χ0n) is 7.44. The van der Waals surface area contributed by atoms with Gasteiger partial charge in [-0.05, 0) is 24.3 Å². The van der Waals surface area contributed by atoms with E-state index in [9.17, 15) is 0 Å². The second kappa shape index (κ2) is 3.68. The van der Waals surface area contributed by atoms with E-state index >= 15 is 0 Å². The fourth-order valence-electron chi connectivity index (χ4n) is 1.29. The molecular formula is C11H9ClN2. The minimum atomic E-state index is 0.662. The highest BCUT2D eigenvalue weighted by Gasteiger charge is 2.02. The van der Waals surface area contributed by atoms with Crippen LogP contribution in [0, 0.1) is 0 Å². The highest BCUT2D eigenvalue weighted by Crippen LogP contribution is 2.24. The average Bonchev–Trinajstić information content (AvgIpc) is 2.18. The summed E-state index contributed by atoms with van der Waals surface area (Å²) in [5.41, 5.74) is 8.17. The first kappa shape index (κ1) is 9.03. The molecule has 0 radical (unpaired) electrons. The van der Waals surface area contributed by atoms with Crippen LogP contribution < -0.4 is 5.73 Å². The van der Waals surface area contributed by atoms with E-state index in [4.69, 9.17) is 17.3 Å². The van der Waals surface area contributed by atoms with Gasteiger partial charge in [-0.15, -0.1) is 0 Å². The molecule has 14 heavy (non-hydrogen) atoms. The van der Waals surface area contributed by atoms with Gasteiger partial charge in [-0.2, -0.15) is 0 Å². The Morgan fingerprint density at radius 1 is 1.14 bits per heavy atom. The van der Waals surface area contributed by atoms with E-state index in [2.05, 4.69) is 4.98 Å². The number of hydrogen-bond donors (Lipinski definition) is 1. The molecule has 0 aliphatic heterocycles. The summed E-state index contributed by atoms with van der Waals surface area (Å²) >= 11 is 5.88. The summed E-state index contributed by atoms with van der Waals surface area (Å²) in [5, 5.41) is 0.688. The first-order chi connectivity index (χ1) is 6.77.